The molecule has 0 bridgehead atoms. The molecule has 2 N–H and O–H groups in total. The SMILES string of the molecule is Cc1c(C(=O)c2ccccc2O)[nH]c(Cl)c1Cl. The quantitative estimate of drug-likeness (QED) is 0.819. The van der Waals surface area contributed by atoms with E-state index in [1.54, 1.807) is 25.1 Å². The molecule has 0 unspecified atom stereocenters. The standard InChI is InChI=1S/C12H9Cl2NO2/c1-6-9(13)12(14)15-10(6)11(17)7-4-2-3-5-8(7)16/h2-5,15-16H,1H3. The van der Waals surface area contributed by atoms with Crippen LogP contribution in [0.15, 0.2) is 24.3 Å². The molecule has 0 saturated heterocycles. The number of carbonyl (C=O) groups excluding carboxylic acids is 1. The van der Waals surface area contributed by atoms with Crippen LogP contribution >= 0.6 is 23.2 Å². The van der Waals surface area contributed by atoms with E-state index >= 15 is 0 Å². The van der Waals surface area contributed by atoms with Gasteiger partial charge < -0.3 is 10.1 Å². The van der Waals surface area contributed by atoms with E-state index in [-0.39, 0.29) is 22.2 Å². The Morgan fingerprint density at radius 2 is 1.94 bits per heavy atom. The summed E-state index contributed by atoms with van der Waals surface area (Å²) >= 11 is 11.7. The van der Waals surface area contributed by atoms with Gasteiger partial charge in [-0.1, -0.05) is 35.3 Å². The van der Waals surface area contributed by atoms with Crippen LogP contribution in [-0.4, -0.2) is 15.9 Å². The molecule has 88 valence electrons. The summed E-state index contributed by atoms with van der Waals surface area (Å²) in [6, 6.07) is 6.32. The van der Waals surface area contributed by atoms with E-state index in [4.69, 9.17) is 23.2 Å². The van der Waals surface area contributed by atoms with Crippen LogP contribution in [0.25, 0.3) is 0 Å². The zero-order chi connectivity index (χ0) is 12.6. The van der Waals surface area contributed by atoms with Gasteiger partial charge in [0.25, 0.3) is 0 Å². The first-order valence-electron chi connectivity index (χ1n) is 4.88. The molecule has 2 aromatic rings. The van der Waals surface area contributed by atoms with Gasteiger partial charge in [-0.3, -0.25) is 4.79 Å². The average molecular weight is 270 g/mol. The second-order valence-corrected chi connectivity index (χ2v) is 4.36. The molecule has 5 heteroatoms. The Balaban J connectivity index is 2.52. The number of aromatic hydroxyl groups is 1. The molecule has 2 rings (SSSR count). The highest BCUT2D eigenvalue weighted by Crippen LogP contribution is 2.30. The second kappa shape index (κ2) is 4.43. The van der Waals surface area contributed by atoms with Crippen LogP contribution in [-0.2, 0) is 0 Å². The summed E-state index contributed by atoms with van der Waals surface area (Å²) in [6.45, 7) is 1.69. The maximum Gasteiger partial charge on any atom is 0.213 e. The van der Waals surface area contributed by atoms with Crippen LogP contribution in [0.5, 0.6) is 5.75 Å². The number of hydrogen-bond donors (Lipinski definition) is 2. The number of H-pyrrole nitrogens is 1. The first-order valence-corrected chi connectivity index (χ1v) is 5.64. The first kappa shape index (κ1) is 12.0. The molecule has 0 fully saturated rings. The number of halogens is 2. The van der Waals surface area contributed by atoms with Gasteiger partial charge >= 0.3 is 0 Å². The summed E-state index contributed by atoms with van der Waals surface area (Å²) in [7, 11) is 0. The number of nitrogens with one attached hydrogen (secondary N) is 1. The normalized spacial score (nSPS) is 10.5. The lowest BCUT2D eigenvalue weighted by atomic mass is 10.1. The van der Waals surface area contributed by atoms with E-state index in [1.165, 1.54) is 6.07 Å². The second-order valence-electron chi connectivity index (χ2n) is 3.60. The Labute approximate surface area is 108 Å². The molecular weight excluding hydrogens is 261 g/mol. The van der Waals surface area contributed by atoms with Crippen molar-refractivity contribution in [2.45, 2.75) is 6.92 Å². The minimum atomic E-state index is -0.339. The Morgan fingerprint density at radius 3 is 2.47 bits per heavy atom. The maximum absolute atomic E-state index is 12.1. The molecule has 0 amide bonds. The van der Waals surface area contributed by atoms with Gasteiger partial charge in [-0.2, -0.15) is 0 Å². The lowest BCUT2D eigenvalue weighted by Crippen LogP contribution is -2.03. The van der Waals surface area contributed by atoms with E-state index in [0.29, 0.717) is 16.3 Å². The topological polar surface area (TPSA) is 53.1 Å². The van der Waals surface area contributed by atoms with Crippen molar-refractivity contribution < 1.29 is 9.90 Å². The van der Waals surface area contributed by atoms with Gasteiger partial charge in [-0.25, -0.2) is 0 Å². The summed E-state index contributed by atoms with van der Waals surface area (Å²) in [5.41, 5.74) is 1.08. The number of rotatable bonds is 2. The molecule has 1 aromatic heterocycles. The lowest BCUT2D eigenvalue weighted by molar-refractivity contribution is 0.103. The summed E-state index contributed by atoms with van der Waals surface area (Å²) in [5.74, 6) is -0.409. The Kier molecular flexibility index (Phi) is 3.13. The maximum atomic E-state index is 12.1. The Hall–Kier alpha value is -1.45. The highest BCUT2D eigenvalue weighted by molar-refractivity contribution is 6.42. The Bertz CT molecular complexity index is 590. The molecule has 17 heavy (non-hydrogen) atoms. The largest absolute Gasteiger partial charge is 0.507 e. The summed E-state index contributed by atoms with van der Waals surface area (Å²) in [5, 5.41) is 10.2. The molecule has 0 aliphatic heterocycles. The van der Waals surface area contributed by atoms with Crippen molar-refractivity contribution in [3.05, 3.63) is 51.3 Å². The van der Waals surface area contributed by atoms with Crippen LogP contribution in [0.2, 0.25) is 10.2 Å². The highest BCUT2D eigenvalue weighted by Gasteiger charge is 2.20. The molecule has 0 atom stereocenters. The van der Waals surface area contributed by atoms with E-state index < -0.39 is 0 Å². The number of carbonyl (C=O) groups is 1. The van der Waals surface area contributed by atoms with Gasteiger partial charge in [0.05, 0.1) is 16.3 Å². The number of phenolic OH excluding ortho intramolecular Hbond substituents is 1. The number of ketones is 1. The van der Waals surface area contributed by atoms with Gasteiger partial charge in [-0.05, 0) is 24.6 Å². The number of phenols is 1. The minimum absolute atomic E-state index is 0.0706. The number of para-hydroxylation sites is 1. The molecule has 0 radical (unpaired) electrons. The molecule has 0 spiro atoms. The number of aromatic amines is 1. The van der Waals surface area contributed by atoms with Crippen molar-refractivity contribution in [3.8, 4) is 5.75 Å². The van der Waals surface area contributed by atoms with Crippen LogP contribution < -0.4 is 0 Å². The third-order valence-corrected chi connectivity index (χ3v) is 3.36. The summed E-state index contributed by atoms with van der Waals surface area (Å²) < 4.78 is 0. The van der Waals surface area contributed by atoms with Crippen molar-refractivity contribution in [1.82, 2.24) is 4.98 Å². The van der Waals surface area contributed by atoms with Gasteiger partial charge in [-0.15, -0.1) is 0 Å². The van der Waals surface area contributed by atoms with Crippen molar-refractivity contribution in [1.29, 1.82) is 0 Å². The third kappa shape index (κ3) is 2.04. The summed E-state index contributed by atoms with van der Waals surface area (Å²) in [6.07, 6.45) is 0. The molecule has 0 aliphatic rings. The van der Waals surface area contributed by atoms with Crippen molar-refractivity contribution in [2.24, 2.45) is 0 Å². The van der Waals surface area contributed by atoms with Crippen LogP contribution in [0, 0.1) is 6.92 Å². The van der Waals surface area contributed by atoms with Gasteiger partial charge in [0.2, 0.25) is 5.78 Å². The monoisotopic (exact) mass is 269 g/mol. The molecular formula is C12H9Cl2NO2. The number of hydrogen-bond acceptors (Lipinski definition) is 2. The molecule has 3 nitrogen and oxygen atoms in total. The van der Waals surface area contributed by atoms with Crippen LogP contribution in [0.4, 0.5) is 0 Å². The third-order valence-electron chi connectivity index (χ3n) is 2.51. The number of benzene rings is 1. The smallest absolute Gasteiger partial charge is 0.213 e. The fourth-order valence-electron chi connectivity index (χ4n) is 1.56. The Morgan fingerprint density at radius 1 is 1.29 bits per heavy atom. The van der Waals surface area contributed by atoms with Gasteiger partial charge in [0.1, 0.15) is 10.9 Å². The average Bonchev–Trinajstić information content (AvgIpc) is 2.57. The fraction of sp³-hybridized carbons (Fsp3) is 0.0833. The number of aromatic nitrogens is 1. The van der Waals surface area contributed by atoms with E-state index in [0.717, 1.165) is 0 Å². The van der Waals surface area contributed by atoms with Crippen molar-refractivity contribution in [2.75, 3.05) is 0 Å². The summed E-state index contributed by atoms with van der Waals surface area (Å²) in [4.78, 5) is 14.9. The zero-order valence-electron chi connectivity index (χ0n) is 8.92. The van der Waals surface area contributed by atoms with E-state index in [1.807, 2.05) is 0 Å². The van der Waals surface area contributed by atoms with Crippen molar-refractivity contribution in [3.63, 3.8) is 0 Å². The van der Waals surface area contributed by atoms with Crippen LogP contribution in [0.3, 0.4) is 0 Å². The first-order chi connectivity index (χ1) is 8.02. The predicted molar refractivity (Wildman–Crippen MR) is 67.1 cm³/mol. The fourth-order valence-corrected chi connectivity index (χ4v) is 1.94. The zero-order valence-corrected chi connectivity index (χ0v) is 10.4. The molecule has 1 aromatic carbocycles. The molecule has 0 aliphatic carbocycles. The van der Waals surface area contributed by atoms with Crippen molar-refractivity contribution >= 4 is 29.0 Å². The van der Waals surface area contributed by atoms with Gasteiger partial charge in [0, 0.05) is 0 Å². The van der Waals surface area contributed by atoms with E-state index in [2.05, 4.69) is 4.98 Å². The molecule has 0 saturated carbocycles. The van der Waals surface area contributed by atoms with Crippen LogP contribution in [0.1, 0.15) is 21.6 Å². The lowest BCUT2D eigenvalue weighted by Gasteiger charge is -2.02. The van der Waals surface area contributed by atoms with Gasteiger partial charge in [0.15, 0.2) is 0 Å². The van der Waals surface area contributed by atoms with E-state index in [9.17, 15) is 9.90 Å². The predicted octanol–water partition coefficient (Wildman–Crippen LogP) is 3.57. The molecule has 1 heterocycles. The minimum Gasteiger partial charge on any atom is -0.507 e. The highest BCUT2D eigenvalue weighted by atomic mass is 35.5.